The fourth-order valence-electron chi connectivity index (χ4n) is 3.95. The van der Waals surface area contributed by atoms with Crippen molar-refractivity contribution in [1.29, 1.82) is 0 Å². The molecule has 2 aromatic heterocycles. The van der Waals surface area contributed by atoms with Crippen molar-refractivity contribution in [3.8, 4) is 0 Å². The molecule has 3 aromatic rings. The highest BCUT2D eigenvalue weighted by atomic mass is 16.2. The Morgan fingerprint density at radius 2 is 1.83 bits per heavy atom. The van der Waals surface area contributed by atoms with E-state index < -0.39 is 0 Å². The molecule has 3 rings (SSSR count). The molecular formula is C28H39N5O2. The van der Waals surface area contributed by atoms with E-state index in [-0.39, 0.29) is 11.9 Å². The van der Waals surface area contributed by atoms with Gasteiger partial charge in [-0.3, -0.25) is 19.3 Å². The van der Waals surface area contributed by atoms with Crippen LogP contribution in [0.2, 0.25) is 0 Å². The van der Waals surface area contributed by atoms with Crippen molar-refractivity contribution >= 4 is 12.2 Å². The molecule has 0 aliphatic rings. The van der Waals surface area contributed by atoms with Crippen LogP contribution in [0.15, 0.2) is 48.5 Å². The molecule has 7 heteroatoms. The number of carbonyl (C=O) groups is 2. The standard InChI is InChI=1S/C21H29N3O.C7H10N2O/c1-5-19-15-18(13-16(2)23-19)21(25)24(4)20(11-12-22-3)14-17-9-7-6-8-10-17;1-3-9-7(5-10)4-6(2)8-9/h6-10,13,15,20,22H,5,11-12,14H2,1-4H3;4-5H,3H2,1-2H3/t20-;/m1./s1. The first-order valence-corrected chi connectivity index (χ1v) is 12.3. The van der Waals surface area contributed by atoms with E-state index in [0.29, 0.717) is 5.69 Å². The molecule has 0 bridgehead atoms. The molecule has 0 unspecified atom stereocenters. The molecule has 1 N–H and O–H groups in total. The molecule has 188 valence electrons. The number of aromatic nitrogens is 3. The molecule has 0 spiro atoms. The Hall–Kier alpha value is -3.32. The van der Waals surface area contributed by atoms with Gasteiger partial charge in [-0.1, -0.05) is 37.3 Å². The number of rotatable bonds is 10. The summed E-state index contributed by atoms with van der Waals surface area (Å²) in [5, 5.41) is 7.28. The average molecular weight is 478 g/mol. The smallest absolute Gasteiger partial charge is 0.253 e. The molecule has 0 aliphatic heterocycles. The first-order valence-electron chi connectivity index (χ1n) is 12.3. The number of benzene rings is 1. The van der Waals surface area contributed by atoms with E-state index in [4.69, 9.17) is 0 Å². The molecule has 35 heavy (non-hydrogen) atoms. The van der Waals surface area contributed by atoms with E-state index in [1.807, 2.05) is 70.1 Å². The highest BCUT2D eigenvalue weighted by Gasteiger charge is 2.22. The van der Waals surface area contributed by atoms with Crippen LogP contribution < -0.4 is 5.32 Å². The summed E-state index contributed by atoms with van der Waals surface area (Å²) in [6, 6.07) is 16.1. The quantitative estimate of drug-likeness (QED) is 0.441. The van der Waals surface area contributed by atoms with E-state index >= 15 is 0 Å². The van der Waals surface area contributed by atoms with Gasteiger partial charge in [-0.05, 0) is 77.4 Å². The molecule has 0 saturated carbocycles. The van der Waals surface area contributed by atoms with Gasteiger partial charge in [-0.25, -0.2) is 0 Å². The zero-order chi connectivity index (χ0) is 25.8. The Balaban J connectivity index is 0.000000360. The molecule has 0 fully saturated rings. The van der Waals surface area contributed by atoms with Crippen molar-refractivity contribution in [3.05, 3.63) is 82.4 Å². The first kappa shape index (κ1) is 27.9. The van der Waals surface area contributed by atoms with Gasteiger partial charge in [0, 0.05) is 36.6 Å². The normalized spacial score (nSPS) is 11.4. The summed E-state index contributed by atoms with van der Waals surface area (Å²) < 4.78 is 1.68. The van der Waals surface area contributed by atoms with Crippen molar-refractivity contribution in [2.45, 2.75) is 59.5 Å². The number of aldehydes is 1. The fraction of sp³-hybridized carbons (Fsp3) is 0.429. The molecule has 1 atom stereocenters. The minimum atomic E-state index is 0.0669. The Morgan fingerprint density at radius 3 is 2.40 bits per heavy atom. The number of amides is 1. The van der Waals surface area contributed by atoms with Gasteiger partial charge in [0.2, 0.25) is 0 Å². The molecule has 0 aliphatic carbocycles. The molecule has 0 radical (unpaired) electrons. The minimum absolute atomic E-state index is 0.0669. The minimum Gasteiger partial charge on any atom is -0.338 e. The Morgan fingerprint density at radius 1 is 1.11 bits per heavy atom. The van der Waals surface area contributed by atoms with Crippen molar-refractivity contribution in [2.24, 2.45) is 0 Å². The van der Waals surface area contributed by atoms with Crippen LogP contribution in [-0.2, 0) is 19.4 Å². The Bertz CT molecular complexity index is 1080. The van der Waals surface area contributed by atoms with Crippen LogP contribution in [0.1, 0.15) is 63.8 Å². The average Bonchev–Trinajstić information content (AvgIpc) is 3.26. The first-order chi connectivity index (χ1) is 16.8. The third-order valence-electron chi connectivity index (χ3n) is 5.88. The number of hydrogen-bond acceptors (Lipinski definition) is 5. The molecular weight excluding hydrogens is 438 g/mol. The summed E-state index contributed by atoms with van der Waals surface area (Å²) in [5.74, 6) is 0.0669. The third kappa shape index (κ3) is 8.44. The maximum Gasteiger partial charge on any atom is 0.253 e. The number of carbonyl (C=O) groups excluding carboxylic acids is 2. The van der Waals surface area contributed by atoms with E-state index in [9.17, 15) is 9.59 Å². The van der Waals surface area contributed by atoms with Crippen LogP contribution in [0.25, 0.3) is 0 Å². The van der Waals surface area contributed by atoms with E-state index in [1.165, 1.54) is 5.56 Å². The SMILES string of the molecule is CCc1cc(C(=O)N(C)[C@H](CCNC)Cc2ccccc2)cc(C)n1.CCn1nc(C)cc1C=O. The van der Waals surface area contributed by atoms with Gasteiger partial charge in [0.25, 0.3) is 5.91 Å². The highest BCUT2D eigenvalue weighted by Crippen LogP contribution is 2.16. The second kappa shape index (κ2) is 14.2. The van der Waals surface area contributed by atoms with Gasteiger partial charge >= 0.3 is 0 Å². The third-order valence-corrected chi connectivity index (χ3v) is 5.88. The molecule has 1 aromatic carbocycles. The van der Waals surface area contributed by atoms with Gasteiger partial charge in [-0.2, -0.15) is 5.10 Å². The maximum atomic E-state index is 13.0. The number of aryl methyl sites for hydroxylation is 4. The van der Waals surface area contributed by atoms with E-state index in [2.05, 4.69) is 34.5 Å². The Labute approximate surface area is 209 Å². The van der Waals surface area contributed by atoms with Crippen LogP contribution in [-0.4, -0.2) is 58.5 Å². The van der Waals surface area contributed by atoms with Gasteiger partial charge in [0.05, 0.1) is 5.69 Å². The van der Waals surface area contributed by atoms with Gasteiger partial charge < -0.3 is 10.2 Å². The summed E-state index contributed by atoms with van der Waals surface area (Å²) in [7, 11) is 3.86. The monoisotopic (exact) mass is 477 g/mol. The molecule has 7 nitrogen and oxygen atoms in total. The second-order valence-corrected chi connectivity index (χ2v) is 8.64. The lowest BCUT2D eigenvalue weighted by Gasteiger charge is -2.29. The van der Waals surface area contributed by atoms with Crippen LogP contribution in [0.5, 0.6) is 0 Å². The van der Waals surface area contributed by atoms with Gasteiger partial charge in [-0.15, -0.1) is 0 Å². The maximum absolute atomic E-state index is 13.0. The second-order valence-electron chi connectivity index (χ2n) is 8.64. The van der Waals surface area contributed by atoms with Crippen LogP contribution in [0.3, 0.4) is 0 Å². The lowest BCUT2D eigenvalue weighted by molar-refractivity contribution is 0.0723. The Kier molecular flexibility index (Phi) is 11.3. The number of nitrogens with one attached hydrogen (secondary N) is 1. The van der Waals surface area contributed by atoms with E-state index in [0.717, 1.165) is 61.3 Å². The molecule has 1 amide bonds. The van der Waals surface area contributed by atoms with Crippen LogP contribution in [0.4, 0.5) is 0 Å². The zero-order valence-electron chi connectivity index (χ0n) is 21.9. The van der Waals surface area contributed by atoms with Crippen LogP contribution in [0, 0.1) is 13.8 Å². The highest BCUT2D eigenvalue weighted by molar-refractivity contribution is 5.94. The van der Waals surface area contributed by atoms with Gasteiger partial charge in [0.1, 0.15) is 5.69 Å². The van der Waals surface area contributed by atoms with Crippen molar-refractivity contribution in [3.63, 3.8) is 0 Å². The fourth-order valence-corrected chi connectivity index (χ4v) is 3.95. The predicted octanol–water partition coefficient (Wildman–Crippen LogP) is 4.27. The lowest BCUT2D eigenvalue weighted by Crippen LogP contribution is -2.40. The van der Waals surface area contributed by atoms with Crippen molar-refractivity contribution in [2.75, 3.05) is 20.6 Å². The van der Waals surface area contributed by atoms with Crippen molar-refractivity contribution < 1.29 is 9.59 Å². The largest absolute Gasteiger partial charge is 0.338 e. The van der Waals surface area contributed by atoms with Gasteiger partial charge in [0.15, 0.2) is 6.29 Å². The summed E-state index contributed by atoms with van der Waals surface area (Å²) in [6.45, 7) is 9.47. The summed E-state index contributed by atoms with van der Waals surface area (Å²) >= 11 is 0. The molecule has 0 saturated heterocycles. The summed E-state index contributed by atoms with van der Waals surface area (Å²) in [4.78, 5) is 29.7. The summed E-state index contributed by atoms with van der Waals surface area (Å²) in [6.07, 6.45) is 3.43. The number of hydrogen-bond donors (Lipinski definition) is 1. The predicted molar refractivity (Wildman–Crippen MR) is 141 cm³/mol. The summed E-state index contributed by atoms with van der Waals surface area (Å²) in [5.41, 5.74) is 5.39. The topological polar surface area (TPSA) is 80.1 Å². The van der Waals surface area contributed by atoms with Crippen LogP contribution >= 0.6 is 0 Å². The number of likely N-dealkylation sites (N-methyl/N-ethyl adjacent to an activating group) is 1. The van der Waals surface area contributed by atoms with E-state index in [1.54, 1.807) is 10.7 Å². The van der Waals surface area contributed by atoms with Crippen molar-refractivity contribution in [1.82, 2.24) is 25.0 Å². The lowest BCUT2D eigenvalue weighted by atomic mass is 10.0. The zero-order valence-corrected chi connectivity index (χ0v) is 21.9. The number of pyridine rings is 1. The number of nitrogens with zero attached hydrogens (tertiary/aromatic N) is 4. The molecule has 2 heterocycles.